The molecular weight excluding hydrogens is 465 g/mol. The van der Waals surface area contributed by atoms with Crippen LogP contribution in [-0.2, 0) is 15.1 Å². The van der Waals surface area contributed by atoms with Crippen molar-refractivity contribution >= 4 is 58.2 Å². The molecule has 0 saturated heterocycles. The largest absolute Gasteiger partial charge is 0.444 e. The Balaban J connectivity index is 1.97. The summed E-state index contributed by atoms with van der Waals surface area (Å²) in [5, 5.41) is 6.66. The monoisotopic (exact) mass is 491 g/mol. The van der Waals surface area contributed by atoms with Crippen molar-refractivity contribution in [1.29, 1.82) is 0 Å². The third-order valence-corrected chi connectivity index (χ3v) is 5.66. The van der Waals surface area contributed by atoms with E-state index in [2.05, 4.69) is 15.6 Å². The van der Waals surface area contributed by atoms with Gasteiger partial charge in [-0.3, -0.25) is 15.0 Å². The van der Waals surface area contributed by atoms with Gasteiger partial charge in [-0.2, -0.15) is 0 Å². The molecule has 2 aromatic rings. The Morgan fingerprint density at radius 2 is 1.91 bits per heavy atom. The van der Waals surface area contributed by atoms with E-state index in [1.807, 2.05) is 0 Å². The summed E-state index contributed by atoms with van der Waals surface area (Å²) in [5.41, 5.74) is 6.61. The third kappa shape index (κ3) is 5.69. The molecule has 33 heavy (non-hydrogen) atoms. The SMILES string of the molecule is CN1C(=O)C[C@@](C)(c2cccc(Nc3cc(Cl)ccc3N)c2Cl)N=C1NC(=O)OC(C)(C)C. The van der Waals surface area contributed by atoms with Crippen LogP contribution in [0.5, 0.6) is 0 Å². The number of carbonyl (C=O) groups is 2. The van der Waals surface area contributed by atoms with Gasteiger partial charge in [0.15, 0.2) is 0 Å². The first-order valence-electron chi connectivity index (χ1n) is 10.3. The molecule has 1 aliphatic rings. The van der Waals surface area contributed by atoms with Crippen LogP contribution in [0.2, 0.25) is 10.0 Å². The molecule has 8 nitrogen and oxygen atoms in total. The van der Waals surface area contributed by atoms with E-state index < -0.39 is 17.2 Å². The number of amides is 2. The molecule has 0 aliphatic carbocycles. The molecule has 176 valence electrons. The van der Waals surface area contributed by atoms with Crippen LogP contribution in [0, 0.1) is 0 Å². The first-order valence-corrected chi connectivity index (χ1v) is 11.0. The lowest BCUT2D eigenvalue weighted by Gasteiger charge is -2.35. The molecule has 1 atom stereocenters. The van der Waals surface area contributed by atoms with Gasteiger partial charge in [-0.25, -0.2) is 9.79 Å². The van der Waals surface area contributed by atoms with Crippen LogP contribution in [0.15, 0.2) is 41.4 Å². The summed E-state index contributed by atoms with van der Waals surface area (Å²) >= 11 is 12.8. The molecule has 1 heterocycles. The van der Waals surface area contributed by atoms with Crippen molar-refractivity contribution in [2.45, 2.75) is 45.3 Å². The number of guanidine groups is 1. The predicted octanol–water partition coefficient (Wildman–Crippen LogP) is 5.28. The van der Waals surface area contributed by atoms with Crippen molar-refractivity contribution in [1.82, 2.24) is 10.2 Å². The molecule has 0 radical (unpaired) electrons. The molecule has 10 heteroatoms. The molecule has 2 amide bonds. The number of hydrogen-bond acceptors (Lipinski definition) is 6. The third-order valence-electron chi connectivity index (χ3n) is 5.02. The molecule has 4 N–H and O–H groups in total. The standard InChI is InChI=1S/C23H27Cl2N5O3/c1-22(2,3)33-21(32)28-20-29-23(4,12-18(31)30(20)5)14-7-6-8-16(19(14)25)27-17-11-13(24)9-10-15(17)26/h6-11,27H,12,26H2,1-5H3,(H,28,29,32)/t23-/m0/s1. The highest BCUT2D eigenvalue weighted by Gasteiger charge is 2.39. The lowest BCUT2D eigenvalue weighted by atomic mass is 9.87. The Morgan fingerprint density at radius 3 is 2.58 bits per heavy atom. The Morgan fingerprint density at radius 1 is 1.21 bits per heavy atom. The number of nitrogen functional groups attached to an aromatic ring is 1. The molecule has 0 unspecified atom stereocenters. The number of benzene rings is 2. The number of hydrogen-bond donors (Lipinski definition) is 3. The fourth-order valence-corrected chi connectivity index (χ4v) is 3.92. The van der Waals surface area contributed by atoms with Gasteiger partial charge in [0.1, 0.15) is 5.60 Å². The van der Waals surface area contributed by atoms with E-state index in [9.17, 15) is 9.59 Å². The van der Waals surface area contributed by atoms with Crippen molar-refractivity contribution in [3.8, 4) is 0 Å². The number of nitrogens with one attached hydrogen (secondary N) is 2. The first-order chi connectivity index (χ1) is 15.3. The quantitative estimate of drug-likeness (QED) is 0.506. The zero-order valence-electron chi connectivity index (χ0n) is 19.1. The zero-order chi connectivity index (χ0) is 24.6. The first kappa shape index (κ1) is 24.7. The van der Waals surface area contributed by atoms with Crippen molar-refractivity contribution in [2.24, 2.45) is 4.99 Å². The normalized spacial score (nSPS) is 18.6. The lowest BCUT2D eigenvalue weighted by Crippen LogP contribution is -2.52. The van der Waals surface area contributed by atoms with Crippen LogP contribution in [0.3, 0.4) is 0 Å². The highest BCUT2D eigenvalue weighted by Crippen LogP contribution is 2.41. The van der Waals surface area contributed by atoms with E-state index in [0.717, 1.165) is 0 Å². The molecule has 3 rings (SSSR count). The summed E-state index contributed by atoms with van der Waals surface area (Å²) in [7, 11) is 1.54. The molecular formula is C23H27Cl2N5O3. The minimum atomic E-state index is -1.03. The van der Waals surface area contributed by atoms with E-state index in [-0.39, 0.29) is 18.3 Å². The van der Waals surface area contributed by atoms with E-state index >= 15 is 0 Å². The van der Waals surface area contributed by atoms with Crippen LogP contribution < -0.4 is 16.4 Å². The summed E-state index contributed by atoms with van der Waals surface area (Å²) in [4.78, 5) is 31.1. The van der Waals surface area contributed by atoms with Crippen LogP contribution in [0.25, 0.3) is 0 Å². The van der Waals surface area contributed by atoms with E-state index in [4.69, 9.17) is 33.7 Å². The second-order valence-corrected chi connectivity index (χ2v) is 9.80. The van der Waals surface area contributed by atoms with Gasteiger partial charge in [-0.05, 0) is 52.0 Å². The average Bonchev–Trinajstić information content (AvgIpc) is 2.68. The Kier molecular flexibility index (Phi) is 6.81. The van der Waals surface area contributed by atoms with Gasteiger partial charge in [0.05, 0.1) is 34.0 Å². The van der Waals surface area contributed by atoms with Gasteiger partial charge in [-0.1, -0.05) is 35.3 Å². The Hall–Kier alpha value is -2.97. The van der Waals surface area contributed by atoms with Gasteiger partial charge in [0.25, 0.3) is 0 Å². The van der Waals surface area contributed by atoms with E-state index in [1.165, 1.54) is 4.90 Å². The number of aliphatic imine (C=N–C) groups is 1. The fraction of sp³-hybridized carbons (Fsp3) is 0.348. The van der Waals surface area contributed by atoms with Gasteiger partial charge in [-0.15, -0.1) is 0 Å². The Labute approximate surface area is 203 Å². The number of carbonyl (C=O) groups excluding carboxylic acids is 2. The van der Waals surface area contributed by atoms with Gasteiger partial charge in [0, 0.05) is 17.6 Å². The molecule has 0 bridgehead atoms. The number of rotatable bonds is 3. The maximum Gasteiger partial charge on any atom is 0.414 e. The Bertz CT molecular complexity index is 1130. The molecule has 2 aromatic carbocycles. The average molecular weight is 492 g/mol. The van der Waals surface area contributed by atoms with Crippen LogP contribution >= 0.6 is 23.2 Å². The van der Waals surface area contributed by atoms with Crippen molar-refractivity contribution < 1.29 is 14.3 Å². The molecule has 0 fully saturated rings. The molecule has 0 aromatic heterocycles. The molecule has 0 saturated carbocycles. The highest BCUT2D eigenvalue weighted by molar-refractivity contribution is 6.34. The molecule has 1 aliphatic heterocycles. The number of nitrogens with two attached hydrogens (primary N) is 1. The second-order valence-electron chi connectivity index (χ2n) is 8.99. The number of alkyl carbamates (subject to hydrolysis) is 1. The number of halogens is 2. The summed E-state index contributed by atoms with van der Waals surface area (Å²) in [6, 6.07) is 10.5. The zero-order valence-corrected chi connectivity index (χ0v) is 20.6. The smallest absolute Gasteiger partial charge is 0.414 e. The van der Waals surface area contributed by atoms with Crippen molar-refractivity contribution in [2.75, 3.05) is 18.1 Å². The second kappa shape index (κ2) is 9.11. The van der Waals surface area contributed by atoms with E-state index in [1.54, 1.807) is 71.1 Å². The summed E-state index contributed by atoms with van der Waals surface area (Å²) in [5.74, 6) is -0.149. The minimum Gasteiger partial charge on any atom is -0.444 e. The topological polar surface area (TPSA) is 109 Å². The van der Waals surface area contributed by atoms with Crippen LogP contribution in [0.1, 0.15) is 39.7 Å². The predicted molar refractivity (Wildman–Crippen MR) is 132 cm³/mol. The number of ether oxygens (including phenoxy) is 1. The van der Waals surface area contributed by atoms with Gasteiger partial charge >= 0.3 is 6.09 Å². The molecule has 0 spiro atoms. The summed E-state index contributed by atoms with van der Waals surface area (Å²) < 4.78 is 5.30. The van der Waals surface area contributed by atoms with Crippen molar-refractivity contribution in [3.05, 3.63) is 52.0 Å². The maximum absolute atomic E-state index is 12.8. The lowest BCUT2D eigenvalue weighted by molar-refractivity contribution is -0.128. The minimum absolute atomic E-state index is 0.0610. The van der Waals surface area contributed by atoms with Crippen molar-refractivity contribution in [3.63, 3.8) is 0 Å². The van der Waals surface area contributed by atoms with Crippen LogP contribution in [-0.4, -0.2) is 35.5 Å². The number of nitrogens with zero attached hydrogens (tertiary/aromatic N) is 2. The fourth-order valence-electron chi connectivity index (χ4n) is 3.37. The highest BCUT2D eigenvalue weighted by atomic mass is 35.5. The van der Waals surface area contributed by atoms with Crippen LogP contribution in [0.4, 0.5) is 21.9 Å². The maximum atomic E-state index is 12.8. The number of anilines is 3. The summed E-state index contributed by atoms with van der Waals surface area (Å²) in [6.07, 6.45) is -0.644. The summed E-state index contributed by atoms with van der Waals surface area (Å²) in [6.45, 7) is 7.03. The van der Waals surface area contributed by atoms with E-state index in [0.29, 0.717) is 32.7 Å². The van der Waals surface area contributed by atoms with Gasteiger partial charge < -0.3 is 15.8 Å². The van der Waals surface area contributed by atoms with Gasteiger partial charge in [0.2, 0.25) is 11.9 Å².